The maximum absolute atomic E-state index is 12.4. The Morgan fingerprint density at radius 2 is 1.65 bits per heavy atom. The number of carbonyl (C=O) groups is 1. The number of nitrogens with zero attached hydrogens (tertiary/aromatic N) is 2. The van der Waals surface area contributed by atoms with Gasteiger partial charge in [-0.2, -0.15) is 0 Å². The van der Waals surface area contributed by atoms with Crippen molar-refractivity contribution in [3.8, 4) is 0 Å². The van der Waals surface area contributed by atoms with E-state index in [1.54, 1.807) is 0 Å². The molecule has 0 unspecified atom stereocenters. The number of urea groups is 1. The fourth-order valence-corrected chi connectivity index (χ4v) is 3.41. The van der Waals surface area contributed by atoms with Gasteiger partial charge >= 0.3 is 6.03 Å². The maximum Gasteiger partial charge on any atom is 0.320 e. The van der Waals surface area contributed by atoms with E-state index in [-0.39, 0.29) is 0 Å². The van der Waals surface area contributed by atoms with Crippen LogP contribution >= 0.6 is 0 Å². The van der Waals surface area contributed by atoms with Gasteiger partial charge in [0.2, 0.25) is 0 Å². The van der Waals surface area contributed by atoms with Crippen molar-refractivity contribution in [2.75, 3.05) is 39.3 Å². The van der Waals surface area contributed by atoms with Crippen LogP contribution in [0.2, 0.25) is 0 Å². The van der Waals surface area contributed by atoms with Gasteiger partial charge in [-0.15, -0.1) is 0 Å². The Morgan fingerprint density at radius 1 is 1.06 bits per heavy atom. The van der Waals surface area contributed by atoms with E-state index in [9.17, 15) is 4.79 Å². The summed E-state index contributed by atoms with van der Waals surface area (Å²) in [6.45, 7) is 8.37. The molecule has 4 nitrogen and oxygen atoms in total. The molecule has 3 aliphatic rings. The van der Waals surface area contributed by atoms with Gasteiger partial charge in [0, 0.05) is 39.3 Å². The topological polar surface area (TPSA) is 35.6 Å². The van der Waals surface area contributed by atoms with Crippen LogP contribution in [0, 0.1) is 17.8 Å². The quantitative estimate of drug-likeness (QED) is 0.682. The van der Waals surface area contributed by atoms with E-state index in [0.29, 0.717) is 17.9 Å². The number of rotatable bonds is 0. The molecule has 3 rings (SSSR count). The average Bonchev–Trinajstić information content (AvgIpc) is 2.89. The molecule has 1 N–H and O–H groups in total. The minimum atomic E-state index is 0.298. The molecule has 3 aliphatic heterocycles. The molecule has 0 spiro atoms. The molecular formula is C13H23N3O. The number of hydrogen-bond acceptors (Lipinski definition) is 2. The lowest BCUT2D eigenvalue weighted by molar-refractivity contribution is 0.140. The monoisotopic (exact) mass is 237 g/mol. The van der Waals surface area contributed by atoms with Crippen molar-refractivity contribution < 1.29 is 4.79 Å². The molecule has 0 bridgehead atoms. The van der Waals surface area contributed by atoms with Crippen LogP contribution in [0.1, 0.15) is 19.8 Å². The summed E-state index contributed by atoms with van der Waals surface area (Å²) in [5.74, 6) is 2.21. The zero-order valence-corrected chi connectivity index (χ0v) is 10.7. The van der Waals surface area contributed by atoms with Crippen LogP contribution in [-0.4, -0.2) is 55.1 Å². The highest BCUT2D eigenvalue weighted by Crippen LogP contribution is 2.28. The summed E-state index contributed by atoms with van der Waals surface area (Å²) in [6.07, 6.45) is 2.35. The van der Waals surface area contributed by atoms with Gasteiger partial charge in [-0.1, -0.05) is 6.92 Å². The summed E-state index contributed by atoms with van der Waals surface area (Å²) >= 11 is 0. The summed E-state index contributed by atoms with van der Waals surface area (Å²) in [5.41, 5.74) is 0. The number of amides is 2. The van der Waals surface area contributed by atoms with Crippen LogP contribution in [-0.2, 0) is 0 Å². The molecule has 0 aliphatic carbocycles. The fraction of sp³-hybridized carbons (Fsp3) is 0.923. The van der Waals surface area contributed by atoms with E-state index in [4.69, 9.17) is 0 Å². The Balaban J connectivity index is 1.56. The van der Waals surface area contributed by atoms with Gasteiger partial charge in [-0.3, -0.25) is 0 Å². The number of nitrogens with one attached hydrogen (secondary N) is 1. The summed E-state index contributed by atoms with van der Waals surface area (Å²) in [7, 11) is 0. The standard InChI is InChI=1S/C13H23N3O/c1-10-2-4-15(5-3-10)13(17)16-8-11-6-14-7-12(11)9-16/h10-12,14H,2-9H2,1H3/t11-,12+. The summed E-state index contributed by atoms with van der Waals surface area (Å²) < 4.78 is 0. The molecule has 3 fully saturated rings. The first-order chi connectivity index (χ1) is 8.24. The van der Waals surface area contributed by atoms with Crippen LogP contribution in [0.3, 0.4) is 0 Å². The maximum atomic E-state index is 12.4. The minimum absolute atomic E-state index is 0.298. The first-order valence-electron chi connectivity index (χ1n) is 6.98. The molecule has 3 heterocycles. The fourth-order valence-electron chi connectivity index (χ4n) is 3.41. The Morgan fingerprint density at radius 3 is 2.24 bits per heavy atom. The molecular weight excluding hydrogens is 214 g/mol. The van der Waals surface area contributed by atoms with Crippen molar-refractivity contribution in [3.05, 3.63) is 0 Å². The molecule has 2 amide bonds. The van der Waals surface area contributed by atoms with Gasteiger partial charge in [-0.25, -0.2) is 4.79 Å². The first kappa shape index (κ1) is 11.3. The molecule has 0 aromatic heterocycles. The number of piperidine rings is 1. The third-order valence-electron chi connectivity index (χ3n) is 4.71. The second kappa shape index (κ2) is 4.48. The van der Waals surface area contributed by atoms with Crippen LogP contribution < -0.4 is 5.32 Å². The second-order valence-corrected chi connectivity index (χ2v) is 6.04. The van der Waals surface area contributed by atoms with Gasteiger partial charge in [0.15, 0.2) is 0 Å². The van der Waals surface area contributed by atoms with Gasteiger partial charge < -0.3 is 15.1 Å². The summed E-state index contributed by atoms with van der Waals surface area (Å²) in [6, 6.07) is 0.298. The van der Waals surface area contributed by atoms with Crippen molar-refractivity contribution in [2.24, 2.45) is 17.8 Å². The van der Waals surface area contributed by atoms with Crippen molar-refractivity contribution in [3.63, 3.8) is 0 Å². The third kappa shape index (κ3) is 2.15. The van der Waals surface area contributed by atoms with Gasteiger partial charge in [0.1, 0.15) is 0 Å². The highest BCUT2D eigenvalue weighted by molar-refractivity contribution is 5.75. The van der Waals surface area contributed by atoms with E-state index in [2.05, 4.69) is 22.0 Å². The second-order valence-electron chi connectivity index (χ2n) is 6.04. The normalized spacial score (nSPS) is 34.2. The van der Waals surface area contributed by atoms with E-state index in [1.807, 2.05) is 0 Å². The molecule has 2 atom stereocenters. The lowest BCUT2D eigenvalue weighted by atomic mass is 10.00. The summed E-state index contributed by atoms with van der Waals surface area (Å²) in [5, 5.41) is 3.42. The predicted molar refractivity (Wildman–Crippen MR) is 66.8 cm³/mol. The van der Waals surface area contributed by atoms with Crippen molar-refractivity contribution in [1.29, 1.82) is 0 Å². The highest BCUT2D eigenvalue weighted by Gasteiger charge is 2.39. The zero-order valence-electron chi connectivity index (χ0n) is 10.7. The Labute approximate surface area is 103 Å². The van der Waals surface area contributed by atoms with E-state index >= 15 is 0 Å². The van der Waals surface area contributed by atoms with Crippen molar-refractivity contribution in [1.82, 2.24) is 15.1 Å². The first-order valence-corrected chi connectivity index (χ1v) is 6.98. The predicted octanol–water partition coefficient (Wildman–Crippen LogP) is 0.990. The summed E-state index contributed by atoms with van der Waals surface area (Å²) in [4.78, 5) is 16.5. The van der Waals surface area contributed by atoms with Crippen LogP contribution in [0.15, 0.2) is 0 Å². The molecule has 0 aromatic carbocycles. The molecule has 96 valence electrons. The molecule has 0 radical (unpaired) electrons. The molecule has 0 saturated carbocycles. The molecule has 3 saturated heterocycles. The van der Waals surface area contributed by atoms with E-state index in [1.165, 1.54) is 12.8 Å². The van der Waals surface area contributed by atoms with Crippen LogP contribution in [0.4, 0.5) is 4.79 Å². The van der Waals surface area contributed by atoms with Gasteiger partial charge in [0.05, 0.1) is 0 Å². The van der Waals surface area contributed by atoms with E-state index in [0.717, 1.165) is 45.2 Å². The lowest BCUT2D eigenvalue weighted by Crippen LogP contribution is -2.46. The smallest absolute Gasteiger partial charge is 0.320 e. The Hall–Kier alpha value is -0.770. The van der Waals surface area contributed by atoms with Crippen LogP contribution in [0.25, 0.3) is 0 Å². The van der Waals surface area contributed by atoms with Crippen molar-refractivity contribution >= 4 is 6.03 Å². The Kier molecular flexibility index (Phi) is 2.99. The lowest BCUT2D eigenvalue weighted by Gasteiger charge is -2.33. The van der Waals surface area contributed by atoms with Crippen molar-refractivity contribution in [2.45, 2.75) is 19.8 Å². The Bertz CT molecular complexity index is 287. The minimum Gasteiger partial charge on any atom is -0.325 e. The molecule has 17 heavy (non-hydrogen) atoms. The SMILES string of the molecule is CC1CCN(C(=O)N2C[C@H]3CNC[C@H]3C2)CC1. The number of carbonyl (C=O) groups excluding carboxylic acids is 1. The largest absolute Gasteiger partial charge is 0.325 e. The van der Waals surface area contributed by atoms with Gasteiger partial charge in [0.25, 0.3) is 0 Å². The highest BCUT2D eigenvalue weighted by atomic mass is 16.2. The van der Waals surface area contributed by atoms with E-state index < -0.39 is 0 Å². The number of likely N-dealkylation sites (tertiary alicyclic amines) is 2. The zero-order chi connectivity index (χ0) is 11.8. The van der Waals surface area contributed by atoms with Gasteiger partial charge in [-0.05, 0) is 30.6 Å². The third-order valence-corrected chi connectivity index (χ3v) is 4.71. The average molecular weight is 237 g/mol. The van der Waals surface area contributed by atoms with Crippen LogP contribution in [0.5, 0.6) is 0 Å². The molecule has 4 heteroatoms. The number of fused-ring (bicyclic) bond motifs is 1. The molecule has 0 aromatic rings. The number of hydrogen-bond donors (Lipinski definition) is 1.